The fraction of sp³-hybridized carbons (Fsp3) is 0.667. The average molecular weight is 227 g/mol. The van der Waals surface area contributed by atoms with Gasteiger partial charge in [0.25, 0.3) is 0 Å². The third-order valence-electron chi connectivity index (χ3n) is 2.23. The van der Waals surface area contributed by atoms with Gasteiger partial charge in [-0.2, -0.15) is 5.10 Å². The van der Waals surface area contributed by atoms with Crippen molar-refractivity contribution < 1.29 is 9.53 Å². The maximum Gasteiger partial charge on any atom is 0.223 e. The molecule has 0 aliphatic rings. The number of ether oxygens (including phenoxy) is 1. The standard InChI is InChI=1S/C9H17N5O2/c1-6(9-11-5-12-14-9)13-8(15)3-7(4-10)16-2/h5-7H,3-4,10H2,1-2H3,(H,13,15)(H,11,12,14). The highest BCUT2D eigenvalue weighted by molar-refractivity contribution is 5.76. The van der Waals surface area contributed by atoms with E-state index in [9.17, 15) is 4.79 Å². The van der Waals surface area contributed by atoms with E-state index in [4.69, 9.17) is 10.5 Å². The number of hydrogen-bond donors (Lipinski definition) is 3. The Morgan fingerprint density at radius 2 is 2.50 bits per heavy atom. The van der Waals surface area contributed by atoms with Gasteiger partial charge in [-0.05, 0) is 6.92 Å². The largest absolute Gasteiger partial charge is 0.380 e. The molecular weight excluding hydrogens is 210 g/mol. The Kier molecular flexibility index (Phi) is 4.87. The zero-order chi connectivity index (χ0) is 12.0. The number of H-pyrrole nitrogens is 1. The van der Waals surface area contributed by atoms with E-state index < -0.39 is 0 Å². The van der Waals surface area contributed by atoms with E-state index in [0.29, 0.717) is 12.4 Å². The van der Waals surface area contributed by atoms with E-state index in [-0.39, 0.29) is 24.5 Å². The smallest absolute Gasteiger partial charge is 0.223 e. The molecule has 90 valence electrons. The second-order valence-corrected chi connectivity index (χ2v) is 3.46. The van der Waals surface area contributed by atoms with Crippen molar-refractivity contribution in [2.24, 2.45) is 5.73 Å². The summed E-state index contributed by atoms with van der Waals surface area (Å²) >= 11 is 0. The van der Waals surface area contributed by atoms with E-state index in [1.54, 1.807) is 0 Å². The summed E-state index contributed by atoms with van der Waals surface area (Å²) in [4.78, 5) is 15.5. The molecule has 0 aliphatic heterocycles. The molecule has 7 heteroatoms. The van der Waals surface area contributed by atoms with Crippen LogP contribution in [0.1, 0.15) is 25.2 Å². The summed E-state index contributed by atoms with van der Waals surface area (Å²) < 4.78 is 5.02. The summed E-state index contributed by atoms with van der Waals surface area (Å²) in [6.45, 7) is 2.14. The first kappa shape index (κ1) is 12.6. The molecule has 0 spiro atoms. The van der Waals surface area contributed by atoms with Crippen molar-refractivity contribution in [3.05, 3.63) is 12.2 Å². The van der Waals surface area contributed by atoms with Crippen molar-refractivity contribution in [3.63, 3.8) is 0 Å². The zero-order valence-corrected chi connectivity index (χ0v) is 9.43. The van der Waals surface area contributed by atoms with Crippen molar-refractivity contribution >= 4 is 5.91 Å². The number of aromatic nitrogens is 3. The number of nitrogens with zero attached hydrogens (tertiary/aromatic N) is 2. The summed E-state index contributed by atoms with van der Waals surface area (Å²) in [5.74, 6) is 0.497. The summed E-state index contributed by atoms with van der Waals surface area (Å²) in [6, 6.07) is -0.203. The van der Waals surface area contributed by atoms with Crippen LogP contribution in [0.15, 0.2) is 6.33 Å². The molecule has 0 saturated carbocycles. The van der Waals surface area contributed by atoms with Gasteiger partial charge in [-0.1, -0.05) is 0 Å². The molecule has 16 heavy (non-hydrogen) atoms. The molecule has 1 heterocycles. The van der Waals surface area contributed by atoms with Gasteiger partial charge < -0.3 is 15.8 Å². The molecule has 0 bridgehead atoms. The van der Waals surface area contributed by atoms with E-state index in [1.807, 2.05) is 6.92 Å². The highest BCUT2D eigenvalue weighted by Crippen LogP contribution is 2.05. The lowest BCUT2D eigenvalue weighted by Gasteiger charge is -2.15. The maximum absolute atomic E-state index is 11.6. The third-order valence-corrected chi connectivity index (χ3v) is 2.23. The minimum absolute atomic E-state index is 0.124. The van der Waals surface area contributed by atoms with Crippen molar-refractivity contribution in [1.82, 2.24) is 20.5 Å². The average Bonchev–Trinajstić information content (AvgIpc) is 2.79. The lowest BCUT2D eigenvalue weighted by molar-refractivity contribution is -0.124. The molecule has 2 atom stereocenters. The molecule has 1 aromatic heterocycles. The summed E-state index contributed by atoms with van der Waals surface area (Å²) in [5, 5.41) is 9.18. The SMILES string of the molecule is COC(CN)CC(=O)NC(C)c1ncn[nH]1. The predicted octanol–water partition coefficient (Wildman–Crippen LogP) is -0.654. The molecule has 0 aliphatic carbocycles. The number of amides is 1. The molecule has 0 radical (unpaired) electrons. The van der Waals surface area contributed by atoms with Crippen LogP contribution in [0, 0.1) is 0 Å². The number of rotatable bonds is 6. The van der Waals surface area contributed by atoms with Crippen LogP contribution < -0.4 is 11.1 Å². The van der Waals surface area contributed by atoms with Crippen LogP contribution in [0.5, 0.6) is 0 Å². The highest BCUT2D eigenvalue weighted by Gasteiger charge is 2.15. The van der Waals surface area contributed by atoms with Crippen LogP contribution >= 0.6 is 0 Å². The van der Waals surface area contributed by atoms with E-state index >= 15 is 0 Å². The van der Waals surface area contributed by atoms with Crippen molar-refractivity contribution in [3.8, 4) is 0 Å². The number of methoxy groups -OCH3 is 1. The van der Waals surface area contributed by atoms with E-state index in [2.05, 4.69) is 20.5 Å². The van der Waals surface area contributed by atoms with Gasteiger partial charge in [0.2, 0.25) is 5.91 Å². The molecule has 4 N–H and O–H groups in total. The van der Waals surface area contributed by atoms with Crippen LogP contribution in [-0.4, -0.2) is 40.8 Å². The highest BCUT2D eigenvalue weighted by atomic mass is 16.5. The van der Waals surface area contributed by atoms with Crippen molar-refractivity contribution in [1.29, 1.82) is 0 Å². The number of hydrogen-bond acceptors (Lipinski definition) is 5. The van der Waals surface area contributed by atoms with E-state index in [0.717, 1.165) is 0 Å². The molecule has 2 unspecified atom stereocenters. The summed E-state index contributed by atoms with van der Waals surface area (Å²) in [7, 11) is 1.53. The molecule has 0 saturated heterocycles. The zero-order valence-electron chi connectivity index (χ0n) is 9.43. The predicted molar refractivity (Wildman–Crippen MR) is 57.4 cm³/mol. The molecule has 0 fully saturated rings. The number of carbonyl (C=O) groups excluding carboxylic acids is 1. The van der Waals surface area contributed by atoms with Gasteiger partial charge in [0, 0.05) is 13.7 Å². The van der Waals surface area contributed by atoms with Gasteiger partial charge in [-0.3, -0.25) is 9.89 Å². The quantitative estimate of drug-likeness (QED) is 0.598. The van der Waals surface area contributed by atoms with Crippen molar-refractivity contribution in [2.75, 3.05) is 13.7 Å². The Hall–Kier alpha value is -1.47. The molecule has 0 aromatic carbocycles. The molecule has 1 amide bonds. The fourth-order valence-corrected chi connectivity index (χ4v) is 1.26. The first-order valence-corrected chi connectivity index (χ1v) is 5.04. The van der Waals surface area contributed by atoms with Gasteiger partial charge in [0.15, 0.2) is 0 Å². The summed E-state index contributed by atoms with van der Waals surface area (Å²) in [5.41, 5.74) is 5.42. The third kappa shape index (κ3) is 3.59. The van der Waals surface area contributed by atoms with Crippen LogP contribution in [-0.2, 0) is 9.53 Å². The van der Waals surface area contributed by atoms with Crippen LogP contribution in [0.25, 0.3) is 0 Å². The number of aromatic amines is 1. The normalized spacial score (nSPS) is 14.4. The van der Waals surface area contributed by atoms with Gasteiger partial charge in [0.1, 0.15) is 12.2 Å². The van der Waals surface area contributed by atoms with Crippen LogP contribution in [0.4, 0.5) is 0 Å². The summed E-state index contributed by atoms with van der Waals surface area (Å²) in [6.07, 6.45) is 1.39. The number of carbonyl (C=O) groups is 1. The molecule has 1 rings (SSSR count). The topological polar surface area (TPSA) is 106 Å². The minimum atomic E-state index is -0.248. The Labute approximate surface area is 93.8 Å². The van der Waals surface area contributed by atoms with Crippen LogP contribution in [0.2, 0.25) is 0 Å². The second-order valence-electron chi connectivity index (χ2n) is 3.46. The monoisotopic (exact) mass is 227 g/mol. The Morgan fingerprint density at radius 3 is 3.00 bits per heavy atom. The number of nitrogens with one attached hydrogen (secondary N) is 2. The van der Waals surface area contributed by atoms with E-state index in [1.165, 1.54) is 13.4 Å². The fourth-order valence-electron chi connectivity index (χ4n) is 1.26. The molecule has 1 aromatic rings. The van der Waals surface area contributed by atoms with Crippen molar-refractivity contribution in [2.45, 2.75) is 25.5 Å². The number of nitrogens with two attached hydrogens (primary N) is 1. The minimum Gasteiger partial charge on any atom is -0.380 e. The van der Waals surface area contributed by atoms with Gasteiger partial charge in [-0.15, -0.1) is 0 Å². The Balaban J connectivity index is 2.39. The Bertz CT molecular complexity index is 310. The van der Waals surface area contributed by atoms with Gasteiger partial charge in [-0.25, -0.2) is 4.98 Å². The molecular formula is C9H17N5O2. The maximum atomic E-state index is 11.6. The van der Waals surface area contributed by atoms with Crippen LogP contribution in [0.3, 0.4) is 0 Å². The lowest BCUT2D eigenvalue weighted by Crippen LogP contribution is -2.33. The lowest BCUT2D eigenvalue weighted by atomic mass is 10.2. The molecule has 7 nitrogen and oxygen atoms in total. The van der Waals surface area contributed by atoms with Gasteiger partial charge in [0.05, 0.1) is 18.6 Å². The van der Waals surface area contributed by atoms with Gasteiger partial charge >= 0.3 is 0 Å². The second kappa shape index (κ2) is 6.19. The first-order valence-electron chi connectivity index (χ1n) is 5.04. The first-order chi connectivity index (χ1) is 7.67. The Morgan fingerprint density at radius 1 is 1.75 bits per heavy atom.